The van der Waals surface area contributed by atoms with Crippen molar-refractivity contribution in [3.63, 3.8) is 0 Å². The van der Waals surface area contributed by atoms with Crippen LogP contribution in [0.3, 0.4) is 0 Å². The zero-order valence-electron chi connectivity index (χ0n) is 9.17. The van der Waals surface area contributed by atoms with E-state index in [1.807, 2.05) is 36.4 Å². The number of anilines is 1. The average molecular weight is 224 g/mol. The van der Waals surface area contributed by atoms with Crippen molar-refractivity contribution in [2.24, 2.45) is 0 Å². The van der Waals surface area contributed by atoms with E-state index in [9.17, 15) is 0 Å². The van der Waals surface area contributed by atoms with Crippen LogP contribution in [0.4, 0.5) is 5.82 Å². The summed E-state index contributed by atoms with van der Waals surface area (Å²) >= 11 is 0. The first kappa shape index (κ1) is 11.0. The highest BCUT2D eigenvalue weighted by Crippen LogP contribution is 2.15. The molecular formula is C13H12N4. The summed E-state index contributed by atoms with van der Waals surface area (Å²) < 4.78 is 0. The lowest BCUT2D eigenvalue weighted by atomic mass is 10.2. The van der Waals surface area contributed by atoms with Crippen LogP contribution in [-0.4, -0.2) is 16.2 Å². The van der Waals surface area contributed by atoms with Crippen molar-refractivity contribution >= 4 is 12.0 Å². The second-order valence-corrected chi connectivity index (χ2v) is 3.29. The number of rotatable bonds is 4. The zero-order valence-corrected chi connectivity index (χ0v) is 9.17. The number of nitrogens with zero attached hydrogens (tertiary/aromatic N) is 2. The zero-order chi connectivity index (χ0) is 11.9. The quantitative estimate of drug-likeness (QED) is 0.785. The number of nitrogens with one attached hydrogen (secondary N) is 2. The minimum Gasteiger partial charge on any atom is -0.347 e. The Morgan fingerprint density at radius 3 is 2.71 bits per heavy atom. The van der Waals surface area contributed by atoms with E-state index in [1.165, 1.54) is 6.21 Å². The van der Waals surface area contributed by atoms with Gasteiger partial charge in [0.1, 0.15) is 5.82 Å². The Morgan fingerprint density at radius 2 is 1.94 bits per heavy atom. The molecule has 2 aromatic rings. The highest BCUT2D eigenvalue weighted by Gasteiger charge is 1.99. The van der Waals surface area contributed by atoms with Crippen LogP contribution in [0.25, 0.3) is 11.4 Å². The normalized spacial score (nSPS) is 10.4. The van der Waals surface area contributed by atoms with Crippen molar-refractivity contribution in [2.75, 3.05) is 5.32 Å². The molecule has 0 fully saturated rings. The summed E-state index contributed by atoms with van der Waals surface area (Å²) in [7, 11) is 0. The summed E-state index contributed by atoms with van der Waals surface area (Å²) in [6.07, 6.45) is 6.20. The molecule has 2 N–H and O–H groups in total. The number of hydrogen-bond acceptors (Lipinski definition) is 4. The second-order valence-electron chi connectivity index (χ2n) is 3.29. The largest absolute Gasteiger partial charge is 0.347 e. The van der Waals surface area contributed by atoms with Crippen LogP contribution in [0.2, 0.25) is 0 Å². The molecule has 0 unspecified atom stereocenters. The van der Waals surface area contributed by atoms with Gasteiger partial charge in [0, 0.05) is 18.6 Å². The molecule has 2 aromatic heterocycles. The molecule has 2 rings (SSSR count). The lowest BCUT2D eigenvalue weighted by molar-refractivity contribution is 1.24. The molecule has 0 atom stereocenters. The van der Waals surface area contributed by atoms with Crippen molar-refractivity contribution in [1.29, 1.82) is 5.41 Å². The number of hydrogen-bond donors (Lipinski definition) is 2. The summed E-state index contributed by atoms with van der Waals surface area (Å²) in [4.78, 5) is 8.66. The lowest BCUT2D eigenvalue weighted by Crippen LogP contribution is -1.93. The van der Waals surface area contributed by atoms with Crippen molar-refractivity contribution in [3.8, 4) is 11.4 Å². The maximum Gasteiger partial charge on any atom is 0.130 e. The summed E-state index contributed by atoms with van der Waals surface area (Å²) in [6, 6.07) is 11.4. The number of aromatic nitrogens is 2. The molecule has 0 saturated heterocycles. The third-order valence-electron chi connectivity index (χ3n) is 2.10. The first-order chi connectivity index (χ1) is 8.40. The highest BCUT2D eigenvalue weighted by atomic mass is 15.0. The smallest absolute Gasteiger partial charge is 0.130 e. The van der Waals surface area contributed by atoms with Gasteiger partial charge in [-0.05, 0) is 30.3 Å². The minimum atomic E-state index is 0.728. The molecule has 0 saturated carbocycles. The Balaban J connectivity index is 2.23. The molecule has 0 radical (unpaired) electrons. The third kappa shape index (κ3) is 2.98. The lowest BCUT2D eigenvalue weighted by Gasteiger charge is -2.03. The van der Waals surface area contributed by atoms with E-state index in [-0.39, 0.29) is 0 Å². The Kier molecular flexibility index (Phi) is 3.60. The van der Waals surface area contributed by atoms with E-state index in [2.05, 4.69) is 15.3 Å². The van der Waals surface area contributed by atoms with Gasteiger partial charge in [0.25, 0.3) is 0 Å². The fourth-order valence-electron chi connectivity index (χ4n) is 1.35. The fraction of sp³-hybridized carbons (Fsp3) is 0. The van der Waals surface area contributed by atoms with E-state index in [1.54, 1.807) is 18.5 Å². The molecule has 0 aliphatic heterocycles. The summed E-state index contributed by atoms with van der Waals surface area (Å²) in [5, 5.41) is 9.85. The van der Waals surface area contributed by atoms with E-state index in [4.69, 9.17) is 5.41 Å². The second kappa shape index (κ2) is 5.55. The van der Waals surface area contributed by atoms with E-state index in [0.29, 0.717) is 0 Å². The van der Waals surface area contributed by atoms with Crippen LogP contribution in [0, 0.1) is 5.41 Å². The van der Waals surface area contributed by atoms with Gasteiger partial charge >= 0.3 is 0 Å². The van der Waals surface area contributed by atoms with Crippen LogP contribution in [0.15, 0.2) is 54.9 Å². The molecule has 4 nitrogen and oxygen atoms in total. The van der Waals surface area contributed by atoms with Gasteiger partial charge in [-0.3, -0.25) is 4.98 Å². The van der Waals surface area contributed by atoms with E-state index >= 15 is 0 Å². The fourth-order valence-corrected chi connectivity index (χ4v) is 1.35. The average Bonchev–Trinajstić information content (AvgIpc) is 2.41. The van der Waals surface area contributed by atoms with E-state index < -0.39 is 0 Å². The molecular weight excluding hydrogens is 212 g/mol. The van der Waals surface area contributed by atoms with Gasteiger partial charge in [-0.15, -0.1) is 0 Å². The Hall–Kier alpha value is -2.49. The molecule has 0 aliphatic carbocycles. The Morgan fingerprint density at radius 1 is 1.06 bits per heavy atom. The monoisotopic (exact) mass is 224 g/mol. The van der Waals surface area contributed by atoms with Crippen molar-refractivity contribution in [3.05, 3.63) is 54.9 Å². The molecule has 2 heterocycles. The first-order valence-corrected chi connectivity index (χ1v) is 5.21. The van der Waals surface area contributed by atoms with Gasteiger partial charge in [0.2, 0.25) is 0 Å². The van der Waals surface area contributed by atoms with Crippen molar-refractivity contribution in [2.45, 2.75) is 0 Å². The molecule has 0 spiro atoms. The number of allylic oxidation sites excluding steroid dienone is 1. The van der Waals surface area contributed by atoms with Crippen LogP contribution < -0.4 is 5.32 Å². The highest BCUT2D eigenvalue weighted by molar-refractivity contribution is 5.68. The third-order valence-corrected chi connectivity index (χ3v) is 2.10. The van der Waals surface area contributed by atoms with Gasteiger partial charge in [0.15, 0.2) is 0 Å². The van der Waals surface area contributed by atoms with Gasteiger partial charge in [-0.2, -0.15) is 0 Å². The topological polar surface area (TPSA) is 61.7 Å². The molecule has 0 aliphatic rings. The first-order valence-electron chi connectivity index (χ1n) is 5.21. The molecule has 0 bridgehead atoms. The SMILES string of the molecule is N=C/C=C\Nc1cccc(-c2ccccn2)n1. The van der Waals surface area contributed by atoms with Gasteiger partial charge < -0.3 is 10.7 Å². The van der Waals surface area contributed by atoms with Crippen LogP contribution in [-0.2, 0) is 0 Å². The Labute approximate surface area is 99.6 Å². The predicted molar refractivity (Wildman–Crippen MR) is 69.0 cm³/mol. The van der Waals surface area contributed by atoms with E-state index in [0.717, 1.165) is 17.2 Å². The molecule has 17 heavy (non-hydrogen) atoms. The predicted octanol–water partition coefficient (Wildman–Crippen LogP) is 2.72. The van der Waals surface area contributed by atoms with Crippen molar-refractivity contribution in [1.82, 2.24) is 9.97 Å². The summed E-state index contributed by atoms with van der Waals surface area (Å²) in [6.45, 7) is 0. The van der Waals surface area contributed by atoms with Gasteiger partial charge in [-0.25, -0.2) is 4.98 Å². The summed E-state index contributed by atoms with van der Waals surface area (Å²) in [5.74, 6) is 0.728. The maximum atomic E-state index is 6.86. The van der Waals surface area contributed by atoms with Gasteiger partial charge in [-0.1, -0.05) is 12.1 Å². The molecule has 0 amide bonds. The summed E-state index contributed by atoms with van der Waals surface area (Å²) in [5.41, 5.74) is 1.66. The van der Waals surface area contributed by atoms with Gasteiger partial charge in [0.05, 0.1) is 11.4 Å². The molecule has 84 valence electrons. The number of pyridine rings is 2. The van der Waals surface area contributed by atoms with Crippen LogP contribution >= 0.6 is 0 Å². The van der Waals surface area contributed by atoms with Crippen molar-refractivity contribution < 1.29 is 0 Å². The Bertz CT molecular complexity index is 520. The molecule has 0 aromatic carbocycles. The molecule has 4 heteroatoms. The maximum absolute atomic E-state index is 6.86. The van der Waals surface area contributed by atoms with Crippen LogP contribution in [0.5, 0.6) is 0 Å². The minimum absolute atomic E-state index is 0.728. The van der Waals surface area contributed by atoms with Crippen LogP contribution in [0.1, 0.15) is 0 Å². The standard InChI is InChI=1S/C13H12N4/c14-8-4-10-16-13-7-3-6-12(17-13)11-5-1-2-9-15-11/h1-10,14H,(H,16,17)/b10-4-,14-8?.